The molecule has 0 saturated heterocycles. The summed E-state index contributed by atoms with van der Waals surface area (Å²) >= 11 is 12.2. The lowest BCUT2D eigenvalue weighted by Crippen LogP contribution is -2.07. The van der Waals surface area contributed by atoms with Crippen molar-refractivity contribution in [3.63, 3.8) is 0 Å². The molecule has 0 aliphatic carbocycles. The lowest BCUT2D eigenvalue weighted by atomic mass is 9.92. The van der Waals surface area contributed by atoms with Gasteiger partial charge in [0.25, 0.3) is 0 Å². The molecule has 0 bridgehead atoms. The maximum atomic E-state index is 9.28. The standard InChI is InChI=1S/C21H19Cl2N3O/c1-2-3-18(21-25-8-9-26-21)17-7-4-14(12-24)10-20(17)27-13-15-5-6-16(22)11-19(15)23/h4-11,18H,2-3,13H2,1H3,(H,25,26). The van der Waals surface area contributed by atoms with E-state index in [9.17, 15) is 5.26 Å². The number of hydrogen-bond acceptors (Lipinski definition) is 3. The molecule has 138 valence electrons. The third-order valence-electron chi connectivity index (χ3n) is 4.34. The molecule has 0 radical (unpaired) electrons. The normalized spacial score (nSPS) is 11.8. The van der Waals surface area contributed by atoms with Crippen LogP contribution in [-0.2, 0) is 6.61 Å². The highest BCUT2D eigenvalue weighted by Gasteiger charge is 2.20. The fourth-order valence-corrected chi connectivity index (χ4v) is 3.47. The van der Waals surface area contributed by atoms with Gasteiger partial charge in [-0.05, 0) is 30.7 Å². The summed E-state index contributed by atoms with van der Waals surface area (Å²) in [6.07, 6.45) is 5.47. The Morgan fingerprint density at radius 1 is 1.22 bits per heavy atom. The molecule has 0 saturated carbocycles. The summed E-state index contributed by atoms with van der Waals surface area (Å²) in [6, 6.07) is 13.0. The first-order chi connectivity index (χ1) is 13.1. The van der Waals surface area contributed by atoms with Crippen molar-refractivity contribution in [3.05, 3.63) is 81.4 Å². The summed E-state index contributed by atoms with van der Waals surface area (Å²) in [4.78, 5) is 7.62. The summed E-state index contributed by atoms with van der Waals surface area (Å²) in [6.45, 7) is 2.42. The van der Waals surface area contributed by atoms with Gasteiger partial charge in [-0.15, -0.1) is 0 Å². The second-order valence-electron chi connectivity index (χ2n) is 6.20. The summed E-state index contributed by atoms with van der Waals surface area (Å²) in [5.41, 5.74) is 2.38. The van der Waals surface area contributed by atoms with Crippen LogP contribution in [0.4, 0.5) is 0 Å². The number of ether oxygens (including phenoxy) is 1. The lowest BCUT2D eigenvalue weighted by Gasteiger charge is -2.19. The van der Waals surface area contributed by atoms with Gasteiger partial charge in [0.05, 0.1) is 11.6 Å². The second kappa shape index (κ2) is 8.94. The van der Waals surface area contributed by atoms with Gasteiger partial charge in [0.15, 0.2) is 0 Å². The number of aromatic nitrogens is 2. The van der Waals surface area contributed by atoms with Crippen LogP contribution in [0.5, 0.6) is 5.75 Å². The predicted molar refractivity (Wildman–Crippen MR) is 107 cm³/mol. The topological polar surface area (TPSA) is 61.7 Å². The molecular formula is C21H19Cl2N3O. The van der Waals surface area contributed by atoms with Gasteiger partial charge in [0.1, 0.15) is 18.2 Å². The van der Waals surface area contributed by atoms with E-state index in [1.807, 2.05) is 24.4 Å². The molecule has 0 fully saturated rings. The van der Waals surface area contributed by atoms with Crippen molar-refractivity contribution in [3.8, 4) is 11.8 Å². The zero-order valence-electron chi connectivity index (χ0n) is 14.9. The second-order valence-corrected chi connectivity index (χ2v) is 7.05. The van der Waals surface area contributed by atoms with Crippen molar-refractivity contribution in [1.29, 1.82) is 5.26 Å². The average molecular weight is 400 g/mol. The van der Waals surface area contributed by atoms with Crippen molar-refractivity contribution < 1.29 is 4.74 Å². The Hall–Kier alpha value is -2.48. The van der Waals surface area contributed by atoms with E-state index in [-0.39, 0.29) is 12.5 Å². The third kappa shape index (κ3) is 4.63. The fraction of sp³-hybridized carbons (Fsp3) is 0.238. The van der Waals surface area contributed by atoms with Crippen LogP contribution in [0.25, 0.3) is 0 Å². The van der Waals surface area contributed by atoms with Gasteiger partial charge in [0.2, 0.25) is 0 Å². The zero-order valence-corrected chi connectivity index (χ0v) is 16.4. The quantitative estimate of drug-likeness (QED) is 0.521. The number of halogens is 2. The molecule has 0 spiro atoms. The van der Waals surface area contributed by atoms with Crippen LogP contribution >= 0.6 is 23.2 Å². The zero-order chi connectivity index (χ0) is 19.2. The van der Waals surface area contributed by atoms with Crippen molar-refractivity contribution >= 4 is 23.2 Å². The molecule has 27 heavy (non-hydrogen) atoms. The summed E-state index contributed by atoms with van der Waals surface area (Å²) in [5, 5.41) is 10.4. The highest BCUT2D eigenvalue weighted by molar-refractivity contribution is 6.35. The van der Waals surface area contributed by atoms with E-state index < -0.39 is 0 Å². The fourth-order valence-electron chi connectivity index (χ4n) is 3.01. The summed E-state index contributed by atoms with van der Waals surface area (Å²) < 4.78 is 6.09. The van der Waals surface area contributed by atoms with Gasteiger partial charge in [-0.25, -0.2) is 4.98 Å². The monoisotopic (exact) mass is 399 g/mol. The van der Waals surface area contributed by atoms with Gasteiger partial charge in [0, 0.05) is 39.5 Å². The summed E-state index contributed by atoms with van der Waals surface area (Å²) in [5.74, 6) is 1.61. The molecule has 0 aliphatic rings. The molecule has 0 amide bonds. The number of nitrogens with zero attached hydrogens (tertiary/aromatic N) is 2. The Morgan fingerprint density at radius 2 is 2.07 bits per heavy atom. The van der Waals surface area contributed by atoms with Gasteiger partial charge in [-0.2, -0.15) is 5.26 Å². The number of nitriles is 1. The molecule has 4 nitrogen and oxygen atoms in total. The van der Waals surface area contributed by atoms with Gasteiger partial charge in [-0.1, -0.05) is 48.7 Å². The van der Waals surface area contributed by atoms with Crippen molar-refractivity contribution in [2.75, 3.05) is 0 Å². The number of hydrogen-bond donors (Lipinski definition) is 1. The lowest BCUT2D eigenvalue weighted by molar-refractivity contribution is 0.301. The van der Waals surface area contributed by atoms with E-state index >= 15 is 0 Å². The van der Waals surface area contributed by atoms with E-state index in [0.717, 1.165) is 29.8 Å². The maximum absolute atomic E-state index is 9.28. The first-order valence-corrected chi connectivity index (χ1v) is 9.48. The first kappa shape index (κ1) is 19.3. The molecule has 0 aliphatic heterocycles. The Bertz CT molecular complexity index is 949. The highest BCUT2D eigenvalue weighted by Crippen LogP contribution is 2.35. The highest BCUT2D eigenvalue weighted by atomic mass is 35.5. The SMILES string of the molecule is CCCC(c1ncc[nH]1)c1ccc(C#N)cc1OCc1ccc(Cl)cc1Cl. The number of rotatable bonds is 7. The van der Waals surface area contributed by atoms with Crippen LogP contribution in [0.1, 0.15) is 48.2 Å². The summed E-state index contributed by atoms with van der Waals surface area (Å²) in [7, 11) is 0. The minimum Gasteiger partial charge on any atom is -0.488 e. The molecular weight excluding hydrogens is 381 g/mol. The number of aromatic amines is 1. The Morgan fingerprint density at radius 3 is 2.74 bits per heavy atom. The number of nitrogens with one attached hydrogen (secondary N) is 1. The molecule has 1 N–H and O–H groups in total. The van der Waals surface area contributed by atoms with Crippen LogP contribution in [-0.4, -0.2) is 9.97 Å². The van der Waals surface area contributed by atoms with Crippen LogP contribution < -0.4 is 4.74 Å². The predicted octanol–water partition coefficient (Wildman–Crippen LogP) is 6.10. The molecule has 6 heteroatoms. The van der Waals surface area contributed by atoms with E-state index in [2.05, 4.69) is 23.0 Å². The van der Waals surface area contributed by atoms with E-state index in [1.54, 1.807) is 24.4 Å². The van der Waals surface area contributed by atoms with Gasteiger partial charge < -0.3 is 9.72 Å². The van der Waals surface area contributed by atoms with Crippen molar-refractivity contribution in [2.45, 2.75) is 32.3 Å². The molecule has 3 aromatic rings. The molecule has 1 unspecified atom stereocenters. The largest absolute Gasteiger partial charge is 0.488 e. The van der Waals surface area contributed by atoms with Crippen molar-refractivity contribution in [1.82, 2.24) is 9.97 Å². The van der Waals surface area contributed by atoms with E-state index in [4.69, 9.17) is 27.9 Å². The Balaban J connectivity index is 1.94. The molecule has 3 rings (SSSR count). The maximum Gasteiger partial charge on any atom is 0.125 e. The Labute approximate surface area is 168 Å². The third-order valence-corrected chi connectivity index (χ3v) is 4.93. The van der Waals surface area contributed by atoms with Gasteiger partial charge >= 0.3 is 0 Å². The van der Waals surface area contributed by atoms with E-state index in [0.29, 0.717) is 21.4 Å². The van der Waals surface area contributed by atoms with Crippen LogP contribution in [0.15, 0.2) is 48.8 Å². The minimum atomic E-state index is 0.0634. The smallest absolute Gasteiger partial charge is 0.125 e. The molecule has 2 aromatic carbocycles. The average Bonchev–Trinajstić information content (AvgIpc) is 3.20. The van der Waals surface area contributed by atoms with Gasteiger partial charge in [-0.3, -0.25) is 0 Å². The van der Waals surface area contributed by atoms with Crippen molar-refractivity contribution in [2.24, 2.45) is 0 Å². The Kier molecular flexibility index (Phi) is 6.39. The molecule has 1 atom stereocenters. The minimum absolute atomic E-state index is 0.0634. The van der Waals surface area contributed by atoms with Crippen LogP contribution in [0.3, 0.4) is 0 Å². The molecule has 1 aromatic heterocycles. The van der Waals surface area contributed by atoms with Crippen LogP contribution in [0, 0.1) is 11.3 Å². The number of imidazole rings is 1. The number of benzene rings is 2. The van der Waals surface area contributed by atoms with Crippen LogP contribution in [0.2, 0.25) is 10.0 Å². The number of H-pyrrole nitrogens is 1. The molecule has 1 heterocycles. The first-order valence-electron chi connectivity index (χ1n) is 8.72. The van der Waals surface area contributed by atoms with E-state index in [1.165, 1.54) is 0 Å².